The molecule has 0 radical (unpaired) electrons. The number of furan rings is 1. The van der Waals surface area contributed by atoms with Crippen molar-refractivity contribution >= 4 is 28.3 Å². The zero-order valence-corrected chi connectivity index (χ0v) is 17.6. The number of pyridine rings is 1. The van der Waals surface area contributed by atoms with Gasteiger partial charge in [0.25, 0.3) is 5.91 Å². The van der Waals surface area contributed by atoms with E-state index in [0.29, 0.717) is 34.9 Å². The number of rotatable bonds is 5. The highest BCUT2D eigenvalue weighted by molar-refractivity contribution is 5.99. The number of Topliss-reactive ketones (excluding diaryl/α,β-unsaturated/α-hetero) is 1. The minimum atomic E-state index is 0.000281. The largest absolute Gasteiger partial charge is 0.451 e. The second-order valence-electron chi connectivity index (χ2n) is 8.99. The predicted octanol–water partition coefficient (Wildman–Crippen LogP) is 3.78. The first kappa shape index (κ1) is 19.2. The number of carbonyl (C=O) groups excluding carboxylic acids is 2. The predicted molar refractivity (Wildman–Crippen MR) is 116 cm³/mol. The van der Waals surface area contributed by atoms with Crippen molar-refractivity contribution in [1.82, 2.24) is 24.5 Å². The molecule has 2 aliphatic rings. The van der Waals surface area contributed by atoms with E-state index in [1.807, 2.05) is 11.0 Å². The van der Waals surface area contributed by atoms with Crippen molar-refractivity contribution in [3.63, 3.8) is 0 Å². The number of amides is 1. The summed E-state index contributed by atoms with van der Waals surface area (Å²) in [5.74, 6) is 1.02. The molecule has 6 rings (SSSR count). The maximum absolute atomic E-state index is 13.0. The summed E-state index contributed by atoms with van der Waals surface area (Å²) in [4.78, 5) is 35.9. The SMILES string of the molecule is O=C(CCC1CC12CCN(C(=O)c1cnn3cccnc13)CC2)c1cc2ccncc2o1. The monoisotopic (exact) mass is 429 g/mol. The van der Waals surface area contributed by atoms with Gasteiger partial charge in [-0.1, -0.05) is 0 Å². The number of ketones is 1. The first-order valence-electron chi connectivity index (χ1n) is 11.1. The fourth-order valence-corrected chi connectivity index (χ4v) is 5.21. The number of piperidine rings is 1. The van der Waals surface area contributed by atoms with Crippen molar-refractivity contribution in [3.8, 4) is 0 Å². The molecule has 8 heteroatoms. The summed E-state index contributed by atoms with van der Waals surface area (Å²) in [6.07, 6.45) is 12.9. The maximum atomic E-state index is 13.0. The van der Waals surface area contributed by atoms with Crippen LogP contribution in [0.5, 0.6) is 0 Å². The molecule has 1 unspecified atom stereocenters. The second kappa shape index (κ2) is 7.25. The van der Waals surface area contributed by atoms with Crippen LogP contribution in [0.1, 0.15) is 53.0 Å². The highest BCUT2D eigenvalue weighted by atomic mass is 16.3. The fraction of sp³-hybridized carbons (Fsp3) is 0.375. The second-order valence-corrected chi connectivity index (χ2v) is 8.99. The molecule has 1 saturated heterocycles. The molecule has 1 saturated carbocycles. The molecule has 0 N–H and O–H groups in total. The maximum Gasteiger partial charge on any atom is 0.259 e. The standard InChI is InChI=1S/C24H23N5O3/c30-19(20-12-16-4-8-25-15-21(16)32-20)3-2-17-13-24(17)5-10-28(11-6-24)23(31)18-14-27-29-9-1-7-26-22(18)29/h1,4,7-9,12,14-15,17H,2-3,5-6,10-11,13H2. The van der Waals surface area contributed by atoms with E-state index < -0.39 is 0 Å². The minimum absolute atomic E-state index is 0.000281. The first-order valence-corrected chi connectivity index (χ1v) is 11.1. The molecule has 2 fully saturated rings. The molecule has 1 amide bonds. The van der Waals surface area contributed by atoms with Crippen molar-refractivity contribution in [1.29, 1.82) is 0 Å². The third-order valence-corrected chi connectivity index (χ3v) is 7.23. The van der Waals surface area contributed by atoms with Gasteiger partial charge in [-0.25, -0.2) is 9.50 Å². The van der Waals surface area contributed by atoms with E-state index in [9.17, 15) is 9.59 Å². The molecule has 1 aliphatic heterocycles. The average molecular weight is 429 g/mol. The summed E-state index contributed by atoms with van der Waals surface area (Å²) in [7, 11) is 0. The van der Waals surface area contributed by atoms with Crippen LogP contribution in [0.4, 0.5) is 0 Å². The summed E-state index contributed by atoms with van der Waals surface area (Å²) in [5, 5.41) is 5.14. The molecule has 4 aromatic heterocycles. The van der Waals surface area contributed by atoms with E-state index in [0.717, 1.165) is 44.2 Å². The Hall–Kier alpha value is -3.55. The van der Waals surface area contributed by atoms with E-state index in [1.165, 1.54) is 0 Å². The summed E-state index contributed by atoms with van der Waals surface area (Å²) in [5.41, 5.74) is 2.09. The van der Waals surface area contributed by atoms with Gasteiger partial charge in [0, 0.05) is 43.5 Å². The van der Waals surface area contributed by atoms with Crippen LogP contribution in [0, 0.1) is 11.3 Å². The summed E-state index contributed by atoms with van der Waals surface area (Å²) in [6.45, 7) is 1.48. The summed E-state index contributed by atoms with van der Waals surface area (Å²) >= 11 is 0. The molecule has 162 valence electrons. The number of nitrogens with zero attached hydrogens (tertiary/aromatic N) is 5. The molecule has 5 heterocycles. The summed E-state index contributed by atoms with van der Waals surface area (Å²) < 4.78 is 7.29. The van der Waals surface area contributed by atoms with Crippen molar-refractivity contribution < 1.29 is 14.0 Å². The van der Waals surface area contributed by atoms with Crippen LogP contribution in [0.25, 0.3) is 16.6 Å². The lowest BCUT2D eigenvalue weighted by Gasteiger charge is -2.33. The number of likely N-dealkylation sites (tertiary alicyclic amines) is 1. The van der Waals surface area contributed by atoms with Gasteiger partial charge >= 0.3 is 0 Å². The van der Waals surface area contributed by atoms with Crippen LogP contribution < -0.4 is 0 Å². The van der Waals surface area contributed by atoms with Crippen molar-refractivity contribution in [2.75, 3.05) is 13.1 Å². The smallest absolute Gasteiger partial charge is 0.259 e. The molecule has 8 nitrogen and oxygen atoms in total. The van der Waals surface area contributed by atoms with Gasteiger partial charge in [-0.2, -0.15) is 5.10 Å². The van der Waals surface area contributed by atoms with E-state index in [-0.39, 0.29) is 17.1 Å². The van der Waals surface area contributed by atoms with Crippen molar-refractivity contribution in [3.05, 3.63) is 60.5 Å². The van der Waals surface area contributed by atoms with E-state index in [4.69, 9.17) is 4.42 Å². The van der Waals surface area contributed by atoms with E-state index in [2.05, 4.69) is 15.1 Å². The van der Waals surface area contributed by atoms with Crippen LogP contribution in [-0.2, 0) is 0 Å². The Labute approximate surface area is 184 Å². The number of hydrogen-bond acceptors (Lipinski definition) is 6. The molecule has 4 aromatic rings. The lowest BCUT2D eigenvalue weighted by molar-refractivity contribution is 0.0669. The van der Waals surface area contributed by atoms with Gasteiger partial charge in [-0.05, 0) is 55.2 Å². The van der Waals surface area contributed by atoms with Gasteiger partial charge in [0.1, 0.15) is 5.56 Å². The van der Waals surface area contributed by atoms with Gasteiger partial charge in [-0.3, -0.25) is 14.6 Å². The quantitative estimate of drug-likeness (QED) is 0.448. The molecule has 1 atom stereocenters. The van der Waals surface area contributed by atoms with Crippen molar-refractivity contribution in [2.45, 2.75) is 32.1 Å². The van der Waals surface area contributed by atoms with Gasteiger partial charge in [-0.15, -0.1) is 0 Å². The Morgan fingerprint density at radius 3 is 2.91 bits per heavy atom. The highest BCUT2D eigenvalue weighted by Crippen LogP contribution is 2.61. The Bertz CT molecular complexity index is 1300. The van der Waals surface area contributed by atoms with Crippen LogP contribution in [0.2, 0.25) is 0 Å². The van der Waals surface area contributed by atoms with Crippen molar-refractivity contribution in [2.24, 2.45) is 11.3 Å². The number of hydrogen-bond donors (Lipinski definition) is 0. The molecule has 0 aromatic carbocycles. The van der Waals surface area contributed by atoms with E-state index in [1.54, 1.807) is 47.6 Å². The van der Waals surface area contributed by atoms with Crippen LogP contribution in [0.15, 0.2) is 53.6 Å². The molecular weight excluding hydrogens is 406 g/mol. The number of aromatic nitrogens is 4. The number of carbonyl (C=O) groups is 2. The number of fused-ring (bicyclic) bond motifs is 2. The molecule has 32 heavy (non-hydrogen) atoms. The highest BCUT2D eigenvalue weighted by Gasteiger charge is 2.54. The zero-order valence-electron chi connectivity index (χ0n) is 17.6. The Balaban J connectivity index is 1.05. The lowest BCUT2D eigenvalue weighted by Crippen LogP contribution is -2.39. The molecular formula is C24H23N5O3. The van der Waals surface area contributed by atoms with Gasteiger partial charge in [0.15, 0.2) is 22.8 Å². The molecule has 1 aliphatic carbocycles. The zero-order chi connectivity index (χ0) is 21.7. The Kier molecular flexibility index (Phi) is 4.34. The topological polar surface area (TPSA) is 93.6 Å². The van der Waals surface area contributed by atoms with Crippen LogP contribution in [-0.4, -0.2) is 49.3 Å². The Morgan fingerprint density at radius 1 is 1.19 bits per heavy atom. The van der Waals surface area contributed by atoms with Gasteiger partial charge < -0.3 is 9.32 Å². The minimum Gasteiger partial charge on any atom is -0.451 e. The Morgan fingerprint density at radius 2 is 2.06 bits per heavy atom. The third-order valence-electron chi connectivity index (χ3n) is 7.23. The molecule has 1 spiro atoms. The van der Waals surface area contributed by atoms with E-state index >= 15 is 0 Å². The van der Waals surface area contributed by atoms with Gasteiger partial charge in [0.2, 0.25) is 0 Å². The lowest BCUT2D eigenvalue weighted by atomic mass is 9.89. The normalized spacial score (nSPS) is 19.6. The summed E-state index contributed by atoms with van der Waals surface area (Å²) in [6, 6.07) is 5.45. The van der Waals surface area contributed by atoms with Crippen LogP contribution in [0.3, 0.4) is 0 Å². The molecule has 0 bridgehead atoms. The van der Waals surface area contributed by atoms with Gasteiger partial charge in [0.05, 0.1) is 12.4 Å². The third kappa shape index (κ3) is 3.18. The first-order chi connectivity index (χ1) is 15.6. The fourth-order valence-electron chi connectivity index (χ4n) is 5.21. The van der Waals surface area contributed by atoms with Crippen LogP contribution >= 0.6 is 0 Å². The average Bonchev–Trinajstić information content (AvgIpc) is 3.17.